The van der Waals surface area contributed by atoms with Crippen LogP contribution < -0.4 is 11.5 Å². The fourth-order valence-corrected chi connectivity index (χ4v) is 16.7. The summed E-state index contributed by atoms with van der Waals surface area (Å²) in [6.45, 7) is 18.0. The van der Waals surface area contributed by atoms with Crippen molar-refractivity contribution in [2.75, 3.05) is 12.3 Å². The number of nitrogens with zero attached hydrogens (tertiary/aromatic N) is 4. The standard InChI is InChI=1S/C22H40N6O4Si2/c1-12(2)33(13(3)4)29-9-16-19(31-34(32-33,14(5)6)15(7)8)17(23)22(30-16)28-11-27-18-20(24)25-10-26-21(18)28/h10-17,19,22H,9,23H2,1-8H3,(H2,24,25,26)/t16-,17+,19+,22-/m0/s1. The van der Waals surface area contributed by atoms with Crippen LogP contribution >= 0.6 is 0 Å². The lowest BCUT2D eigenvalue weighted by molar-refractivity contribution is -0.0546. The summed E-state index contributed by atoms with van der Waals surface area (Å²) in [7, 11) is -5.42. The third-order valence-electron chi connectivity index (χ3n) is 7.38. The summed E-state index contributed by atoms with van der Waals surface area (Å²) in [5.74, 6) is 0.324. The summed E-state index contributed by atoms with van der Waals surface area (Å²) >= 11 is 0. The first kappa shape index (κ1) is 25.7. The van der Waals surface area contributed by atoms with Crippen LogP contribution in [0.1, 0.15) is 61.6 Å². The Bertz CT molecular complexity index is 1000. The molecule has 34 heavy (non-hydrogen) atoms. The highest BCUT2D eigenvalue weighted by Gasteiger charge is 2.61. The van der Waals surface area contributed by atoms with E-state index in [0.717, 1.165) is 0 Å². The van der Waals surface area contributed by atoms with Crippen LogP contribution in [0.5, 0.6) is 0 Å². The Morgan fingerprint density at radius 3 is 2.15 bits per heavy atom. The lowest BCUT2D eigenvalue weighted by atomic mass is 10.1. The monoisotopic (exact) mass is 508 g/mol. The molecule has 10 nitrogen and oxygen atoms in total. The molecule has 0 amide bonds. The van der Waals surface area contributed by atoms with Gasteiger partial charge in [-0.2, -0.15) is 0 Å². The first-order valence-corrected chi connectivity index (χ1v) is 16.2. The molecule has 0 saturated carbocycles. The Morgan fingerprint density at radius 1 is 0.941 bits per heavy atom. The van der Waals surface area contributed by atoms with Gasteiger partial charge in [-0.05, 0) is 22.2 Å². The number of fused-ring (bicyclic) bond motifs is 2. The van der Waals surface area contributed by atoms with E-state index in [1.54, 1.807) is 6.33 Å². The molecule has 2 aromatic rings. The summed E-state index contributed by atoms with van der Waals surface area (Å²) < 4.78 is 29.5. The number of rotatable bonds is 5. The van der Waals surface area contributed by atoms with Crippen LogP contribution in [-0.2, 0) is 17.7 Å². The Morgan fingerprint density at radius 2 is 1.56 bits per heavy atom. The van der Waals surface area contributed by atoms with E-state index < -0.39 is 29.4 Å². The zero-order valence-electron chi connectivity index (χ0n) is 21.6. The van der Waals surface area contributed by atoms with Gasteiger partial charge in [0.1, 0.15) is 17.9 Å². The summed E-state index contributed by atoms with van der Waals surface area (Å²) in [5.41, 5.74) is 14.9. The molecule has 190 valence electrons. The first-order valence-electron chi connectivity index (χ1n) is 12.3. The molecule has 12 heteroatoms. The van der Waals surface area contributed by atoms with Crippen molar-refractivity contribution in [1.29, 1.82) is 0 Å². The molecule has 0 aromatic carbocycles. The van der Waals surface area contributed by atoms with E-state index >= 15 is 0 Å². The fourth-order valence-electron chi connectivity index (χ4n) is 5.49. The van der Waals surface area contributed by atoms with Crippen LogP contribution in [-0.4, -0.2) is 61.5 Å². The number of imidazole rings is 1. The topological polar surface area (TPSA) is 133 Å². The zero-order chi connectivity index (χ0) is 25.0. The van der Waals surface area contributed by atoms with E-state index in [2.05, 4.69) is 70.3 Å². The SMILES string of the molecule is CC(C)[Si]1(C(C)C)OC[C@@H]2O[C@H](n3cnc4c(N)ncnc43)[C@H](N)[C@@H]2O[Si](C(C)C)(C(C)C)O1. The van der Waals surface area contributed by atoms with Crippen molar-refractivity contribution in [2.24, 2.45) is 5.73 Å². The molecule has 2 aliphatic rings. The lowest BCUT2D eigenvalue weighted by Gasteiger charge is -2.51. The molecule has 2 aliphatic heterocycles. The second-order valence-electron chi connectivity index (χ2n) is 10.8. The van der Waals surface area contributed by atoms with Gasteiger partial charge in [-0.1, -0.05) is 55.4 Å². The van der Waals surface area contributed by atoms with Gasteiger partial charge < -0.3 is 29.2 Å². The quantitative estimate of drug-likeness (QED) is 0.581. The van der Waals surface area contributed by atoms with E-state index in [4.69, 9.17) is 29.2 Å². The highest BCUT2D eigenvalue weighted by Crippen LogP contribution is 2.48. The normalized spacial score (nSPS) is 29.2. The van der Waals surface area contributed by atoms with Crippen molar-refractivity contribution in [3.05, 3.63) is 12.7 Å². The van der Waals surface area contributed by atoms with Gasteiger partial charge >= 0.3 is 17.1 Å². The van der Waals surface area contributed by atoms with E-state index in [1.165, 1.54) is 6.33 Å². The van der Waals surface area contributed by atoms with E-state index in [0.29, 0.717) is 23.6 Å². The Labute approximate surface area is 204 Å². The molecule has 0 radical (unpaired) electrons. The fraction of sp³-hybridized carbons (Fsp3) is 0.773. The van der Waals surface area contributed by atoms with Gasteiger partial charge in [0.15, 0.2) is 17.7 Å². The van der Waals surface area contributed by atoms with Crippen LogP contribution in [0.15, 0.2) is 12.7 Å². The van der Waals surface area contributed by atoms with Crippen molar-refractivity contribution in [2.45, 2.75) is 102 Å². The first-order chi connectivity index (χ1) is 15.9. The number of hydrogen-bond donors (Lipinski definition) is 2. The van der Waals surface area contributed by atoms with Crippen molar-refractivity contribution < 1.29 is 17.7 Å². The molecular formula is C22H40N6O4Si2. The largest absolute Gasteiger partial charge is 0.414 e. The predicted molar refractivity (Wildman–Crippen MR) is 135 cm³/mol. The molecule has 2 fully saturated rings. The Kier molecular flexibility index (Phi) is 6.97. The van der Waals surface area contributed by atoms with Crippen LogP contribution in [0.25, 0.3) is 11.2 Å². The van der Waals surface area contributed by atoms with Crippen LogP contribution in [0, 0.1) is 0 Å². The lowest BCUT2D eigenvalue weighted by Crippen LogP contribution is -2.66. The molecule has 4 atom stereocenters. The molecule has 4 heterocycles. The average Bonchev–Trinajstić information content (AvgIpc) is 3.29. The van der Waals surface area contributed by atoms with Crippen LogP contribution in [0.4, 0.5) is 5.82 Å². The number of nitrogens with two attached hydrogens (primary N) is 2. The number of nitrogen functional groups attached to an aromatic ring is 1. The van der Waals surface area contributed by atoms with Gasteiger partial charge in [-0.25, -0.2) is 15.0 Å². The molecule has 0 aliphatic carbocycles. The molecule has 0 unspecified atom stereocenters. The van der Waals surface area contributed by atoms with Gasteiger partial charge in [-0.15, -0.1) is 0 Å². The van der Waals surface area contributed by atoms with Gasteiger partial charge in [0, 0.05) is 0 Å². The Hall–Kier alpha value is -1.42. The maximum atomic E-state index is 7.25. The summed E-state index contributed by atoms with van der Waals surface area (Å²) in [4.78, 5) is 12.8. The minimum absolute atomic E-state index is 0.215. The Balaban J connectivity index is 1.77. The molecule has 0 spiro atoms. The summed E-state index contributed by atoms with van der Waals surface area (Å²) in [5, 5.41) is 0. The van der Waals surface area contributed by atoms with Gasteiger partial charge in [0.2, 0.25) is 0 Å². The summed E-state index contributed by atoms with van der Waals surface area (Å²) in [6.07, 6.45) is 1.87. The van der Waals surface area contributed by atoms with Gasteiger partial charge in [0.25, 0.3) is 0 Å². The number of aromatic nitrogens is 4. The number of ether oxygens (including phenoxy) is 1. The second kappa shape index (κ2) is 9.23. The number of anilines is 1. The van der Waals surface area contributed by atoms with Crippen LogP contribution in [0.3, 0.4) is 0 Å². The molecule has 4 rings (SSSR count). The van der Waals surface area contributed by atoms with Crippen molar-refractivity contribution in [3.63, 3.8) is 0 Å². The van der Waals surface area contributed by atoms with E-state index in [9.17, 15) is 0 Å². The zero-order valence-corrected chi connectivity index (χ0v) is 23.6. The molecule has 2 aromatic heterocycles. The molecule has 4 N–H and O–H groups in total. The third-order valence-corrected chi connectivity index (χ3v) is 17.6. The van der Waals surface area contributed by atoms with Crippen molar-refractivity contribution in [3.8, 4) is 0 Å². The minimum Gasteiger partial charge on any atom is -0.414 e. The minimum atomic E-state index is -2.78. The predicted octanol–water partition coefficient (Wildman–Crippen LogP) is 3.59. The highest BCUT2D eigenvalue weighted by atomic mass is 28.5. The maximum Gasteiger partial charge on any atom is 0.335 e. The molecule has 2 saturated heterocycles. The van der Waals surface area contributed by atoms with Crippen molar-refractivity contribution in [1.82, 2.24) is 19.5 Å². The van der Waals surface area contributed by atoms with E-state index in [1.807, 2.05) is 4.57 Å². The average molecular weight is 509 g/mol. The summed E-state index contributed by atoms with van der Waals surface area (Å²) in [6, 6.07) is -0.456. The number of hydrogen-bond acceptors (Lipinski definition) is 9. The van der Waals surface area contributed by atoms with Gasteiger partial charge in [0.05, 0.1) is 25.1 Å². The smallest absolute Gasteiger partial charge is 0.335 e. The molecule has 0 bridgehead atoms. The van der Waals surface area contributed by atoms with Gasteiger partial charge in [-0.3, -0.25) is 4.57 Å². The highest BCUT2D eigenvalue weighted by molar-refractivity contribution is 6.84. The third kappa shape index (κ3) is 3.92. The maximum absolute atomic E-state index is 7.25. The molecular weight excluding hydrogens is 468 g/mol. The van der Waals surface area contributed by atoms with Crippen LogP contribution in [0.2, 0.25) is 22.2 Å². The van der Waals surface area contributed by atoms with E-state index in [-0.39, 0.29) is 34.4 Å². The van der Waals surface area contributed by atoms with Crippen molar-refractivity contribution >= 4 is 34.1 Å². The second-order valence-corrected chi connectivity index (χ2v) is 19.6.